The van der Waals surface area contributed by atoms with Crippen molar-refractivity contribution in [2.45, 2.75) is 38.1 Å². The average Bonchev–Trinajstić information content (AvgIpc) is 3.08. The van der Waals surface area contributed by atoms with E-state index in [0.717, 1.165) is 67.8 Å². The van der Waals surface area contributed by atoms with Crippen LogP contribution in [0.4, 0.5) is 5.95 Å². The van der Waals surface area contributed by atoms with Crippen molar-refractivity contribution in [1.29, 1.82) is 0 Å². The summed E-state index contributed by atoms with van der Waals surface area (Å²) in [4.78, 5) is 29.4. The Morgan fingerprint density at radius 2 is 1.83 bits per heavy atom. The second-order valence-electron chi connectivity index (χ2n) is 9.49. The Morgan fingerprint density at radius 1 is 1.03 bits per heavy atom. The number of aromatic nitrogens is 2. The summed E-state index contributed by atoms with van der Waals surface area (Å²) in [6.45, 7) is 5.47. The molecule has 0 bridgehead atoms. The highest BCUT2D eigenvalue weighted by atomic mass is 16.5. The van der Waals surface area contributed by atoms with Gasteiger partial charge < -0.3 is 19.3 Å². The lowest BCUT2D eigenvalue weighted by Crippen LogP contribution is -2.52. The number of methoxy groups -OCH3 is 2. The van der Waals surface area contributed by atoms with Gasteiger partial charge in [0.2, 0.25) is 11.9 Å². The number of rotatable bonds is 6. The van der Waals surface area contributed by atoms with Crippen molar-refractivity contribution in [2.24, 2.45) is 0 Å². The summed E-state index contributed by atoms with van der Waals surface area (Å²) in [5.41, 5.74) is 3.03. The number of para-hydroxylation sites is 1. The molecule has 1 aromatic carbocycles. The summed E-state index contributed by atoms with van der Waals surface area (Å²) >= 11 is 0. The van der Waals surface area contributed by atoms with Crippen molar-refractivity contribution in [1.82, 2.24) is 19.8 Å². The van der Waals surface area contributed by atoms with E-state index in [-0.39, 0.29) is 5.91 Å². The van der Waals surface area contributed by atoms with E-state index in [4.69, 9.17) is 19.4 Å². The van der Waals surface area contributed by atoms with Crippen molar-refractivity contribution in [2.75, 3.05) is 58.4 Å². The number of hydrogen-bond acceptors (Lipinski definition) is 7. The minimum Gasteiger partial charge on any atom is -0.493 e. The molecule has 0 unspecified atom stereocenters. The highest BCUT2D eigenvalue weighted by molar-refractivity contribution is 5.92. The predicted molar refractivity (Wildman–Crippen MR) is 136 cm³/mol. The molecule has 8 nitrogen and oxygen atoms in total. The van der Waals surface area contributed by atoms with Gasteiger partial charge in [-0.2, -0.15) is 0 Å². The van der Waals surface area contributed by atoms with Gasteiger partial charge >= 0.3 is 0 Å². The largest absolute Gasteiger partial charge is 0.493 e. The van der Waals surface area contributed by atoms with Gasteiger partial charge in [0.1, 0.15) is 0 Å². The molecule has 3 aliphatic rings. The lowest BCUT2D eigenvalue weighted by atomic mass is 9.91. The van der Waals surface area contributed by atoms with Crippen LogP contribution in [0.5, 0.6) is 11.5 Å². The van der Waals surface area contributed by atoms with Crippen molar-refractivity contribution >= 4 is 17.9 Å². The Morgan fingerprint density at radius 3 is 2.54 bits per heavy atom. The Kier molecular flexibility index (Phi) is 7.18. The predicted octanol–water partition coefficient (Wildman–Crippen LogP) is 2.81. The van der Waals surface area contributed by atoms with Crippen LogP contribution in [0.15, 0.2) is 30.5 Å². The van der Waals surface area contributed by atoms with E-state index in [1.807, 2.05) is 29.3 Å². The number of amides is 1. The number of anilines is 1. The number of benzene rings is 1. The first-order chi connectivity index (χ1) is 17.2. The van der Waals surface area contributed by atoms with Crippen molar-refractivity contribution < 1.29 is 14.3 Å². The van der Waals surface area contributed by atoms with Gasteiger partial charge in [0.05, 0.1) is 19.9 Å². The molecule has 2 fully saturated rings. The number of carbonyl (C=O) groups excluding carboxylic acids is 1. The van der Waals surface area contributed by atoms with Crippen LogP contribution >= 0.6 is 0 Å². The molecule has 8 heteroatoms. The Balaban J connectivity index is 1.20. The maximum Gasteiger partial charge on any atom is 0.246 e. The van der Waals surface area contributed by atoms with Crippen molar-refractivity contribution in [3.63, 3.8) is 0 Å². The van der Waals surface area contributed by atoms with Crippen LogP contribution in [-0.4, -0.2) is 85.2 Å². The highest BCUT2D eigenvalue weighted by Crippen LogP contribution is 2.31. The van der Waals surface area contributed by atoms with Crippen LogP contribution in [0, 0.1) is 0 Å². The fourth-order valence-electron chi connectivity index (χ4n) is 5.19. The molecule has 5 rings (SSSR count). The first-order valence-electron chi connectivity index (χ1n) is 12.7. The van der Waals surface area contributed by atoms with Gasteiger partial charge in [-0.05, 0) is 37.0 Å². The van der Waals surface area contributed by atoms with Gasteiger partial charge in [-0.3, -0.25) is 9.69 Å². The molecule has 0 N–H and O–H groups in total. The van der Waals surface area contributed by atoms with Crippen LogP contribution in [0.1, 0.15) is 36.1 Å². The molecular formula is C27H35N5O3. The third-order valence-electron chi connectivity index (χ3n) is 7.55. The van der Waals surface area contributed by atoms with Crippen LogP contribution < -0.4 is 14.4 Å². The molecular weight excluding hydrogens is 442 g/mol. The van der Waals surface area contributed by atoms with E-state index >= 15 is 0 Å². The third-order valence-corrected chi connectivity index (χ3v) is 7.55. The van der Waals surface area contributed by atoms with E-state index in [1.165, 1.54) is 19.3 Å². The minimum absolute atomic E-state index is 0.0111. The lowest BCUT2D eigenvalue weighted by molar-refractivity contribution is -0.125. The zero-order chi connectivity index (χ0) is 24.2. The number of fused-ring (bicyclic) bond motifs is 1. The molecule has 2 aliphatic heterocycles. The number of ether oxygens (including phenoxy) is 2. The average molecular weight is 478 g/mol. The van der Waals surface area contributed by atoms with E-state index in [2.05, 4.69) is 9.80 Å². The standard InChI is InChI=1S/C27H35N5O3/c1-34-24-8-3-5-20(26(24)35-2)9-10-25(33)31-13-11-21-19-28-27(29-23(21)12-14-31)32-17-15-30(16-18-32)22-6-4-7-22/h3,5,8-10,19,22H,4,6-7,11-18H2,1-2H3. The smallest absolute Gasteiger partial charge is 0.246 e. The number of piperazine rings is 1. The molecule has 1 amide bonds. The molecule has 0 atom stereocenters. The third kappa shape index (κ3) is 5.12. The van der Waals surface area contributed by atoms with E-state index in [9.17, 15) is 4.79 Å². The van der Waals surface area contributed by atoms with E-state index in [1.54, 1.807) is 26.4 Å². The van der Waals surface area contributed by atoms with Gasteiger partial charge in [0.15, 0.2) is 11.5 Å². The fraction of sp³-hybridized carbons (Fsp3) is 0.519. The maximum atomic E-state index is 13.0. The molecule has 35 heavy (non-hydrogen) atoms. The number of hydrogen-bond donors (Lipinski definition) is 0. The summed E-state index contributed by atoms with van der Waals surface area (Å²) in [5.74, 6) is 2.09. The Labute approximate surface area is 207 Å². The molecule has 1 aromatic heterocycles. The molecule has 2 aromatic rings. The van der Waals surface area contributed by atoms with E-state index in [0.29, 0.717) is 24.6 Å². The summed E-state index contributed by atoms with van der Waals surface area (Å²) < 4.78 is 10.8. The summed E-state index contributed by atoms with van der Waals surface area (Å²) in [7, 11) is 3.21. The SMILES string of the molecule is COc1cccc(C=CC(=O)N2CCc3cnc(N4CCN(C5CCC5)CC4)nc3CC2)c1OC. The second kappa shape index (κ2) is 10.6. The first-order valence-corrected chi connectivity index (χ1v) is 12.7. The molecule has 0 spiro atoms. The normalized spacial score (nSPS) is 19.3. The number of carbonyl (C=O) groups is 1. The lowest BCUT2D eigenvalue weighted by Gasteiger charge is -2.43. The molecule has 3 heterocycles. The molecule has 1 saturated carbocycles. The number of nitrogens with zero attached hydrogens (tertiary/aromatic N) is 5. The monoisotopic (exact) mass is 477 g/mol. The molecule has 1 saturated heterocycles. The van der Waals surface area contributed by atoms with Gasteiger partial charge in [-0.15, -0.1) is 0 Å². The van der Waals surface area contributed by atoms with Crippen LogP contribution in [-0.2, 0) is 17.6 Å². The fourth-order valence-corrected chi connectivity index (χ4v) is 5.19. The second-order valence-corrected chi connectivity index (χ2v) is 9.49. The van der Waals surface area contributed by atoms with Crippen molar-refractivity contribution in [3.8, 4) is 11.5 Å². The van der Waals surface area contributed by atoms with Gasteiger partial charge in [0.25, 0.3) is 0 Å². The zero-order valence-electron chi connectivity index (χ0n) is 20.8. The van der Waals surface area contributed by atoms with Gasteiger partial charge in [-0.1, -0.05) is 18.6 Å². The Bertz CT molecular complexity index is 1080. The van der Waals surface area contributed by atoms with Gasteiger partial charge in [0, 0.05) is 69.6 Å². The topological polar surface area (TPSA) is 71.0 Å². The first kappa shape index (κ1) is 23.6. The van der Waals surface area contributed by atoms with Crippen molar-refractivity contribution in [3.05, 3.63) is 47.3 Å². The molecule has 186 valence electrons. The Hall–Kier alpha value is -3.13. The summed E-state index contributed by atoms with van der Waals surface area (Å²) in [6.07, 6.45) is 11.0. The molecule has 0 radical (unpaired) electrons. The summed E-state index contributed by atoms with van der Waals surface area (Å²) in [5, 5.41) is 0. The van der Waals surface area contributed by atoms with Gasteiger partial charge in [-0.25, -0.2) is 9.97 Å². The van der Waals surface area contributed by atoms with Crippen LogP contribution in [0.25, 0.3) is 6.08 Å². The highest BCUT2D eigenvalue weighted by Gasteiger charge is 2.29. The molecule has 1 aliphatic carbocycles. The zero-order valence-corrected chi connectivity index (χ0v) is 20.8. The minimum atomic E-state index is -0.0111. The van der Waals surface area contributed by atoms with E-state index < -0.39 is 0 Å². The van der Waals surface area contributed by atoms with Crippen LogP contribution in [0.2, 0.25) is 0 Å². The van der Waals surface area contributed by atoms with Crippen LogP contribution in [0.3, 0.4) is 0 Å². The summed E-state index contributed by atoms with van der Waals surface area (Å²) in [6, 6.07) is 6.44. The maximum absolute atomic E-state index is 13.0. The quantitative estimate of drug-likeness (QED) is 0.593.